The van der Waals surface area contributed by atoms with Crippen LogP contribution in [0.3, 0.4) is 0 Å². The molecule has 6 heteroatoms. The van der Waals surface area contributed by atoms with E-state index in [-0.39, 0.29) is 6.61 Å². The van der Waals surface area contributed by atoms with Gasteiger partial charge in [-0.2, -0.15) is 0 Å². The van der Waals surface area contributed by atoms with Crippen molar-refractivity contribution in [3.8, 4) is 0 Å². The third-order valence-corrected chi connectivity index (χ3v) is 6.81. The highest BCUT2D eigenvalue weighted by atomic mass is 32.1. The van der Waals surface area contributed by atoms with Crippen LogP contribution in [-0.2, 0) is 27.4 Å². The molecule has 1 unspecified atom stereocenters. The van der Waals surface area contributed by atoms with Gasteiger partial charge in [0.05, 0.1) is 17.7 Å². The van der Waals surface area contributed by atoms with Crippen molar-refractivity contribution in [2.45, 2.75) is 32.3 Å². The second-order valence-corrected chi connectivity index (χ2v) is 8.62. The van der Waals surface area contributed by atoms with E-state index >= 15 is 0 Å². The van der Waals surface area contributed by atoms with Crippen LogP contribution in [0.2, 0.25) is 0 Å². The van der Waals surface area contributed by atoms with Gasteiger partial charge in [0.25, 0.3) is 0 Å². The van der Waals surface area contributed by atoms with Crippen molar-refractivity contribution in [2.24, 2.45) is 10.1 Å². The summed E-state index contributed by atoms with van der Waals surface area (Å²) in [5.41, 5.74) is 7.23. The summed E-state index contributed by atoms with van der Waals surface area (Å²) in [4.78, 5) is 22.4. The number of benzene rings is 2. The molecule has 0 fully saturated rings. The van der Waals surface area contributed by atoms with E-state index in [0.29, 0.717) is 11.6 Å². The molecule has 0 aliphatic heterocycles. The van der Waals surface area contributed by atoms with Crippen LogP contribution in [0.1, 0.15) is 52.0 Å². The van der Waals surface area contributed by atoms with Gasteiger partial charge in [0, 0.05) is 18.5 Å². The van der Waals surface area contributed by atoms with Crippen molar-refractivity contribution < 1.29 is 14.4 Å². The lowest BCUT2D eigenvalue weighted by atomic mass is 9.92. The van der Waals surface area contributed by atoms with Crippen LogP contribution in [0.5, 0.6) is 0 Å². The number of carbonyl (C=O) groups excluding carboxylic acids is 1. The van der Waals surface area contributed by atoms with E-state index in [9.17, 15) is 4.79 Å². The van der Waals surface area contributed by atoms with Crippen molar-refractivity contribution in [2.75, 3.05) is 14.2 Å². The fourth-order valence-corrected chi connectivity index (χ4v) is 5.08. The van der Waals surface area contributed by atoms with Crippen molar-refractivity contribution in [1.82, 2.24) is 0 Å². The maximum atomic E-state index is 11.9. The molecule has 1 aromatic heterocycles. The molecule has 0 saturated carbocycles. The Morgan fingerprint density at radius 2 is 1.91 bits per heavy atom. The third-order valence-electron chi connectivity index (χ3n) is 5.85. The number of hydrogen-bond donors (Lipinski definition) is 0. The number of aliphatic imine (C=N–C) groups is 1. The van der Waals surface area contributed by atoms with E-state index < -0.39 is 5.97 Å². The molecule has 1 atom stereocenters. The summed E-state index contributed by atoms with van der Waals surface area (Å²) in [6, 6.07) is 19.2. The van der Waals surface area contributed by atoms with Crippen molar-refractivity contribution in [3.63, 3.8) is 0 Å². The molecule has 5 nitrogen and oxygen atoms in total. The third kappa shape index (κ3) is 4.50. The highest BCUT2D eigenvalue weighted by Gasteiger charge is 2.23. The SMILES string of the molecule is CN=C(C(=O)OC)c1sccc1CO/N=C(\C)c1ccc(C2CCc3ccccc32)cc1. The Morgan fingerprint density at radius 1 is 1.12 bits per heavy atom. The number of methoxy groups -OCH3 is 1. The number of fused-ring (bicyclic) bond motifs is 1. The quantitative estimate of drug-likeness (QED) is 0.279. The van der Waals surface area contributed by atoms with Gasteiger partial charge in [-0.1, -0.05) is 53.7 Å². The second kappa shape index (κ2) is 9.92. The highest BCUT2D eigenvalue weighted by molar-refractivity contribution is 7.13. The van der Waals surface area contributed by atoms with Gasteiger partial charge in [0.2, 0.25) is 0 Å². The lowest BCUT2D eigenvalue weighted by Gasteiger charge is -2.13. The molecule has 164 valence electrons. The molecule has 0 bridgehead atoms. The topological polar surface area (TPSA) is 60.2 Å². The minimum atomic E-state index is -0.458. The van der Waals surface area contributed by atoms with Crippen LogP contribution >= 0.6 is 11.3 Å². The van der Waals surface area contributed by atoms with Crippen molar-refractivity contribution in [3.05, 3.63) is 92.7 Å². The van der Waals surface area contributed by atoms with Crippen LogP contribution in [-0.4, -0.2) is 31.6 Å². The molecule has 3 aromatic rings. The smallest absolute Gasteiger partial charge is 0.357 e. The summed E-state index contributed by atoms with van der Waals surface area (Å²) in [5, 5.41) is 6.19. The van der Waals surface area contributed by atoms with E-state index in [0.717, 1.165) is 34.6 Å². The Balaban J connectivity index is 1.42. The first kappa shape index (κ1) is 22.0. The number of hydrogen-bond acceptors (Lipinski definition) is 6. The van der Waals surface area contributed by atoms with Gasteiger partial charge in [0.1, 0.15) is 6.61 Å². The zero-order valence-electron chi connectivity index (χ0n) is 18.5. The van der Waals surface area contributed by atoms with Gasteiger partial charge in [-0.15, -0.1) is 11.3 Å². The average Bonchev–Trinajstić information content (AvgIpc) is 3.47. The van der Waals surface area contributed by atoms with Crippen molar-refractivity contribution in [1.29, 1.82) is 0 Å². The van der Waals surface area contributed by atoms with Gasteiger partial charge in [-0.05, 0) is 53.5 Å². The Kier molecular flexibility index (Phi) is 6.81. The van der Waals surface area contributed by atoms with E-state index in [1.807, 2.05) is 18.4 Å². The van der Waals surface area contributed by atoms with E-state index in [1.165, 1.54) is 35.1 Å². The Labute approximate surface area is 192 Å². The number of nitrogens with zero attached hydrogens (tertiary/aromatic N) is 2. The van der Waals surface area contributed by atoms with Gasteiger partial charge in [0.15, 0.2) is 5.71 Å². The predicted molar refractivity (Wildman–Crippen MR) is 129 cm³/mol. The number of ether oxygens (including phenoxy) is 1. The largest absolute Gasteiger partial charge is 0.464 e. The molecule has 0 amide bonds. The zero-order valence-corrected chi connectivity index (χ0v) is 19.3. The zero-order chi connectivity index (χ0) is 22.5. The van der Waals surface area contributed by atoms with Gasteiger partial charge >= 0.3 is 5.97 Å². The fraction of sp³-hybridized carbons (Fsp3) is 0.269. The molecular weight excluding hydrogens is 420 g/mol. The number of carbonyl (C=O) groups is 1. The summed E-state index contributed by atoms with van der Waals surface area (Å²) >= 11 is 1.43. The standard InChI is InChI=1S/C26H26N2O3S/c1-17(28-31-16-21-14-15-32-25(21)24(27-2)26(29)30-3)18-8-10-20(11-9-18)23-13-12-19-6-4-5-7-22(19)23/h4-11,14-15,23H,12-13,16H2,1-3H3/b27-24?,28-17+. The molecule has 0 spiro atoms. The molecular formula is C26H26N2O3S. The maximum absolute atomic E-state index is 11.9. The molecule has 0 N–H and O–H groups in total. The summed E-state index contributed by atoms with van der Waals surface area (Å²) in [6.07, 6.45) is 2.30. The number of rotatable bonds is 7. The number of aryl methyl sites for hydroxylation is 1. The Morgan fingerprint density at radius 3 is 2.66 bits per heavy atom. The maximum Gasteiger partial charge on any atom is 0.357 e. The number of oxime groups is 1. The van der Waals surface area contributed by atoms with Crippen LogP contribution in [0.25, 0.3) is 0 Å². The molecule has 1 aliphatic rings. The first-order valence-corrected chi connectivity index (χ1v) is 11.5. The molecule has 2 aromatic carbocycles. The van der Waals surface area contributed by atoms with Crippen LogP contribution in [0, 0.1) is 0 Å². The van der Waals surface area contributed by atoms with Crippen LogP contribution < -0.4 is 0 Å². The van der Waals surface area contributed by atoms with Gasteiger partial charge < -0.3 is 9.57 Å². The monoisotopic (exact) mass is 446 g/mol. The summed E-state index contributed by atoms with van der Waals surface area (Å²) in [5.74, 6) is 0.0100. The van der Waals surface area contributed by atoms with E-state index in [4.69, 9.17) is 9.57 Å². The minimum Gasteiger partial charge on any atom is -0.464 e. The molecule has 0 radical (unpaired) electrons. The fourth-order valence-electron chi connectivity index (χ4n) is 4.15. The van der Waals surface area contributed by atoms with Gasteiger partial charge in [-0.25, -0.2) is 4.79 Å². The van der Waals surface area contributed by atoms with Crippen LogP contribution in [0.15, 0.2) is 70.1 Å². The predicted octanol–water partition coefficient (Wildman–Crippen LogP) is 5.36. The minimum absolute atomic E-state index is 0.253. The lowest BCUT2D eigenvalue weighted by molar-refractivity contribution is -0.132. The summed E-state index contributed by atoms with van der Waals surface area (Å²) in [6.45, 7) is 2.19. The first-order chi connectivity index (χ1) is 15.6. The number of esters is 1. The summed E-state index contributed by atoms with van der Waals surface area (Å²) < 4.78 is 4.82. The highest BCUT2D eigenvalue weighted by Crippen LogP contribution is 2.37. The van der Waals surface area contributed by atoms with Crippen LogP contribution in [0.4, 0.5) is 0 Å². The Bertz CT molecular complexity index is 1160. The number of thiophene rings is 1. The molecule has 1 aliphatic carbocycles. The lowest BCUT2D eigenvalue weighted by Crippen LogP contribution is -2.17. The van der Waals surface area contributed by atoms with E-state index in [1.54, 1.807) is 7.05 Å². The molecule has 1 heterocycles. The Hall–Kier alpha value is -3.25. The van der Waals surface area contributed by atoms with E-state index in [2.05, 4.69) is 58.7 Å². The molecule has 32 heavy (non-hydrogen) atoms. The molecule has 0 saturated heterocycles. The first-order valence-electron chi connectivity index (χ1n) is 10.6. The second-order valence-electron chi connectivity index (χ2n) is 7.70. The van der Waals surface area contributed by atoms with Gasteiger partial charge in [-0.3, -0.25) is 4.99 Å². The average molecular weight is 447 g/mol. The van der Waals surface area contributed by atoms with Crippen molar-refractivity contribution >= 4 is 28.7 Å². The summed E-state index contributed by atoms with van der Waals surface area (Å²) in [7, 11) is 2.93. The molecule has 4 rings (SSSR count). The normalized spacial score (nSPS) is 16.0.